The van der Waals surface area contributed by atoms with Crippen LogP contribution in [0.4, 0.5) is 0 Å². The molecule has 1 aliphatic carbocycles. The van der Waals surface area contributed by atoms with Gasteiger partial charge in [0.15, 0.2) is 6.61 Å². The summed E-state index contributed by atoms with van der Waals surface area (Å²) in [5.74, 6) is -0.00411. The number of hydrogen-bond donors (Lipinski definition) is 0. The molecule has 6 heteroatoms. The Morgan fingerprint density at radius 3 is 2.88 bits per heavy atom. The van der Waals surface area contributed by atoms with E-state index < -0.39 is 5.97 Å². The first-order valence-electron chi connectivity index (χ1n) is 8.14. The van der Waals surface area contributed by atoms with Crippen LogP contribution in [0.15, 0.2) is 27.4 Å². The average molecular weight is 332 g/mol. The number of rotatable bonds is 7. The van der Waals surface area contributed by atoms with E-state index in [9.17, 15) is 9.59 Å². The van der Waals surface area contributed by atoms with Gasteiger partial charge in [-0.1, -0.05) is 0 Å². The van der Waals surface area contributed by atoms with Crippen LogP contribution >= 0.6 is 0 Å². The third-order valence-electron chi connectivity index (χ3n) is 4.00. The van der Waals surface area contributed by atoms with Crippen LogP contribution in [-0.2, 0) is 27.1 Å². The summed E-state index contributed by atoms with van der Waals surface area (Å²) >= 11 is 0. The molecule has 128 valence electrons. The molecule has 0 amide bonds. The van der Waals surface area contributed by atoms with Crippen molar-refractivity contribution < 1.29 is 23.4 Å². The van der Waals surface area contributed by atoms with Crippen molar-refractivity contribution >= 4 is 16.9 Å². The van der Waals surface area contributed by atoms with Crippen LogP contribution < -0.4 is 10.4 Å². The zero-order valence-electron chi connectivity index (χ0n) is 13.6. The van der Waals surface area contributed by atoms with Gasteiger partial charge in [-0.2, -0.15) is 0 Å². The third kappa shape index (κ3) is 3.59. The maximum Gasteiger partial charge on any atom is 0.344 e. The standard InChI is InChI=1S/C18H20O6/c1-2-21-8-9-22-17(19)11-23-12-6-7-14-13-4-3-5-15(13)18(20)24-16(14)10-12/h6-7,10H,2-5,8-9,11H2,1H3. The fourth-order valence-electron chi connectivity index (χ4n) is 2.90. The van der Waals surface area contributed by atoms with Gasteiger partial charge >= 0.3 is 11.6 Å². The van der Waals surface area contributed by atoms with Crippen LogP contribution in [0.2, 0.25) is 0 Å². The van der Waals surface area contributed by atoms with Gasteiger partial charge in [0.1, 0.15) is 17.9 Å². The molecule has 0 saturated heterocycles. The van der Waals surface area contributed by atoms with Crippen LogP contribution in [0.3, 0.4) is 0 Å². The van der Waals surface area contributed by atoms with Gasteiger partial charge in [0.25, 0.3) is 0 Å². The molecular weight excluding hydrogens is 312 g/mol. The highest BCUT2D eigenvalue weighted by molar-refractivity contribution is 5.83. The predicted molar refractivity (Wildman–Crippen MR) is 87.5 cm³/mol. The van der Waals surface area contributed by atoms with Crippen LogP contribution in [-0.4, -0.2) is 32.4 Å². The molecule has 6 nitrogen and oxygen atoms in total. The van der Waals surface area contributed by atoms with Gasteiger partial charge in [-0.15, -0.1) is 0 Å². The number of esters is 1. The maximum absolute atomic E-state index is 12.0. The van der Waals surface area contributed by atoms with Crippen molar-refractivity contribution in [3.8, 4) is 5.75 Å². The summed E-state index contributed by atoms with van der Waals surface area (Å²) in [6, 6.07) is 5.29. The molecule has 2 aromatic rings. The zero-order valence-corrected chi connectivity index (χ0v) is 13.6. The van der Waals surface area contributed by atoms with E-state index in [-0.39, 0.29) is 18.8 Å². The largest absolute Gasteiger partial charge is 0.482 e. The van der Waals surface area contributed by atoms with Crippen molar-refractivity contribution in [1.82, 2.24) is 0 Å². The molecule has 0 N–H and O–H groups in total. The van der Waals surface area contributed by atoms with E-state index in [0.717, 1.165) is 35.8 Å². The Kier molecular flexibility index (Phi) is 5.15. The van der Waals surface area contributed by atoms with E-state index in [1.807, 2.05) is 13.0 Å². The smallest absolute Gasteiger partial charge is 0.344 e. The van der Waals surface area contributed by atoms with E-state index in [1.54, 1.807) is 12.1 Å². The second-order valence-corrected chi connectivity index (χ2v) is 5.56. The van der Waals surface area contributed by atoms with Crippen LogP contribution in [0.5, 0.6) is 5.75 Å². The van der Waals surface area contributed by atoms with Crippen LogP contribution in [0, 0.1) is 0 Å². The molecule has 1 aromatic heterocycles. The topological polar surface area (TPSA) is 75.0 Å². The lowest BCUT2D eigenvalue weighted by Crippen LogP contribution is -2.17. The molecule has 0 spiro atoms. The summed E-state index contributed by atoms with van der Waals surface area (Å²) in [5.41, 5.74) is 2.07. The van der Waals surface area contributed by atoms with E-state index >= 15 is 0 Å². The number of benzene rings is 1. The number of ether oxygens (including phenoxy) is 3. The summed E-state index contributed by atoms with van der Waals surface area (Å²) in [6.07, 6.45) is 2.65. The minimum Gasteiger partial charge on any atom is -0.482 e. The zero-order chi connectivity index (χ0) is 16.9. The highest BCUT2D eigenvalue weighted by atomic mass is 16.6. The van der Waals surface area contributed by atoms with E-state index in [1.165, 1.54) is 0 Å². The van der Waals surface area contributed by atoms with Gasteiger partial charge in [0.2, 0.25) is 0 Å². The molecule has 0 atom stereocenters. The Hall–Kier alpha value is -2.34. The second-order valence-electron chi connectivity index (χ2n) is 5.56. The summed E-state index contributed by atoms with van der Waals surface area (Å²) in [5, 5.41) is 0.939. The molecule has 0 bridgehead atoms. The van der Waals surface area contributed by atoms with Crippen molar-refractivity contribution in [3.63, 3.8) is 0 Å². The van der Waals surface area contributed by atoms with Gasteiger partial charge in [-0.25, -0.2) is 9.59 Å². The summed E-state index contributed by atoms with van der Waals surface area (Å²) in [6.45, 7) is 2.83. The molecule has 0 aliphatic heterocycles. The lowest BCUT2D eigenvalue weighted by Gasteiger charge is -2.09. The second kappa shape index (κ2) is 7.49. The van der Waals surface area contributed by atoms with Crippen molar-refractivity contribution in [3.05, 3.63) is 39.7 Å². The summed E-state index contributed by atoms with van der Waals surface area (Å²) in [4.78, 5) is 23.6. The average Bonchev–Trinajstić information content (AvgIpc) is 3.07. The Bertz CT molecular complexity index is 792. The minimum absolute atomic E-state index is 0.202. The first kappa shape index (κ1) is 16.5. The van der Waals surface area contributed by atoms with E-state index in [2.05, 4.69) is 0 Å². The molecule has 3 rings (SSSR count). The minimum atomic E-state index is -0.467. The molecular formula is C18H20O6. The van der Waals surface area contributed by atoms with Gasteiger partial charge in [0.05, 0.1) is 6.61 Å². The third-order valence-corrected chi connectivity index (χ3v) is 4.00. The Morgan fingerprint density at radius 2 is 2.04 bits per heavy atom. The number of aryl methyl sites for hydroxylation is 1. The summed E-state index contributed by atoms with van der Waals surface area (Å²) < 4.78 is 20.8. The molecule has 1 heterocycles. The molecule has 0 unspecified atom stereocenters. The van der Waals surface area contributed by atoms with Crippen molar-refractivity contribution in [2.45, 2.75) is 26.2 Å². The lowest BCUT2D eigenvalue weighted by atomic mass is 10.1. The highest BCUT2D eigenvalue weighted by Crippen LogP contribution is 2.29. The molecule has 0 fully saturated rings. The van der Waals surface area contributed by atoms with E-state index in [4.69, 9.17) is 18.6 Å². The lowest BCUT2D eigenvalue weighted by molar-refractivity contribution is -0.147. The fourth-order valence-corrected chi connectivity index (χ4v) is 2.90. The summed E-state index contributed by atoms with van der Waals surface area (Å²) in [7, 11) is 0. The number of carbonyl (C=O) groups excluding carboxylic acids is 1. The first-order valence-corrected chi connectivity index (χ1v) is 8.14. The SMILES string of the molecule is CCOCCOC(=O)COc1ccc2c3c(c(=O)oc2c1)CCC3. The monoisotopic (exact) mass is 332 g/mol. The van der Waals surface area contributed by atoms with Gasteiger partial charge in [-0.05, 0) is 43.9 Å². The molecule has 0 saturated carbocycles. The Balaban J connectivity index is 1.65. The highest BCUT2D eigenvalue weighted by Gasteiger charge is 2.19. The quantitative estimate of drug-likeness (QED) is 0.440. The van der Waals surface area contributed by atoms with Crippen LogP contribution in [0.25, 0.3) is 11.0 Å². The molecule has 1 aliphatic rings. The number of hydrogen-bond acceptors (Lipinski definition) is 6. The normalized spacial score (nSPS) is 13.0. The molecule has 0 radical (unpaired) electrons. The fraction of sp³-hybridized carbons (Fsp3) is 0.444. The van der Waals surface area contributed by atoms with Crippen molar-refractivity contribution in [2.75, 3.05) is 26.4 Å². The van der Waals surface area contributed by atoms with Crippen molar-refractivity contribution in [2.24, 2.45) is 0 Å². The van der Waals surface area contributed by atoms with Crippen molar-refractivity contribution in [1.29, 1.82) is 0 Å². The van der Waals surface area contributed by atoms with Gasteiger partial charge in [-0.3, -0.25) is 0 Å². The number of fused-ring (bicyclic) bond motifs is 3. The van der Waals surface area contributed by atoms with E-state index in [0.29, 0.717) is 24.5 Å². The van der Waals surface area contributed by atoms with Gasteiger partial charge < -0.3 is 18.6 Å². The Morgan fingerprint density at radius 1 is 1.21 bits per heavy atom. The van der Waals surface area contributed by atoms with Gasteiger partial charge in [0, 0.05) is 23.6 Å². The Labute approximate surface area is 139 Å². The van der Waals surface area contributed by atoms with Crippen LogP contribution in [0.1, 0.15) is 24.5 Å². The first-order chi connectivity index (χ1) is 11.7. The predicted octanol–water partition coefficient (Wildman–Crippen LogP) is 2.24. The number of carbonyl (C=O) groups is 1. The molecule has 24 heavy (non-hydrogen) atoms. The molecule has 1 aromatic carbocycles. The maximum atomic E-state index is 12.0.